The van der Waals surface area contributed by atoms with Gasteiger partial charge in [-0.25, -0.2) is 0 Å². The van der Waals surface area contributed by atoms with Crippen molar-refractivity contribution in [2.24, 2.45) is 4.99 Å². The Hall–Kier alpha value is -2.84. The predicted octanol–water partition coefficient (Wildman–Crippen LogP) is 3.21. The van der Waals surface area contributed by atoms with Gasteiger partial charge in [-0.1, -0.05) is 12.1 Å². The van der Waals surface area contributed by atoms with Gasteiger partial charge in [0.05, 0.1) is 37.6 Å². The molecule has 2 heterocycles. The van der Waals surface area contributed by atoms with E-state index in [1.165, 1.54) is 5.56 Å². The highest BCUT2D eigenvalue weighted by Gasteiger charge is 2.36. The van der Waals surface area contributed by atoms with Crippen LogP contribution < -0.4 is 9.47 Å². The van der Waals surface area contributed by atoms with Gasteiger partial charge in [0.1, 0.15) is 0 Å². The third kappa shape index (κ3) is 3.07. The zero-order chi connectivity index (χ0) is 19.0. The number of ether oxygens (including phenoxy) is 2. The first-order chi connectivity index (χ1) is 13.1. The molecule has 2 aromatic rings. The number of nitrogens with zero attached hydrogens (tertiary/aromatic N) is 3. The first kappa shape index (κ1) is 17.6. The van der Waals surface area contributed by atoms with E-state index in [4.69, 9.17) is 19.7 Å². The molecule has 0 N–H and O–H groups in total. The second kappa shape index (κ2) is 7.05. The Kier molecular flexibility index (Phi) is 4.59. The molecule has 2 unspecified atom stereocenters. The highest BCUT2D eigenvalue weighted by molar-refractivity contribution is 6.15. The summed E-state index contributed by atoms with van der Waals surface area (Å²) in [4.78, 5) is 7.51. The topological polar surface area (TPSA) is 57.9 Å². The summed E-state index contributed by atoms with van der Waals surface area (Å²) < 4.78 is 11.1. The van der Waals surface area contributed by atoms with Crippen molar-refractivity contribution < 1.29 is 9.47 Å². The first-order valence-corrected chi connectivity index (χ1v) is 9.17. The fraction of sp³-hybridized carbons (Fsp3) is 0.364. The molecule has 138 valence electrons. The van der Waals surface area contributed by atoms with Crippen LogP contribution in [0.4, 0.5) is 0 Å². The van der Waals surface area contributed by atoms with Gasteiger partial charge < -0.3 is 14.4 Å². The molecule has 0 aliphatic carbocycles. The largest absolute Gasteiger partial charge is 0.493 e. The summed E-state index contributed by atoms with van der Waals surface area (Å²) in [5.41, 5.74) is 5.01. The molecule has 2 aliphatic rings. The van der Waals surface area contributed by atoms with E-state index in [0.717, 1.165) is 42.1 Å². The number of hydrogen-bond acceptors (Lipinski definition) is 5. The van der Waals surface area contributed by atoms with Crippen molar-refractivity contribution in [3.05, 3.63) is 58.7 Å². The van der Waals surface area contributed by atoms with Gasteiger partial charge in [-0.05, 0) is 49.8 Å². The number of piperidine rings is 1. The van der Waals surface area contributed by atoms with Gasteiger partial charge in [0, 0.05) is 23.6 Å². The molecule has 27 heavy (non-hydrogen) atoms. The van der Waals surface area contributed by atoms with E-state index in [-0.39, 0.29) is 6.04 Å². The molecule has 2 aromatic carbocycles. The van der Waals surface area contributed by atoms with Gasteiger partial charge in [-0.3, -0.25) is 4.99 Å². The minimum Gasteiger partial charge on any atom is -0.493 e. The monoisotopic (exact) mass is 361 g/mol. The number of hydrogen-bond donors (Lipinski definition) is 0. The SMILES string of the molecule is COc1cc2c(cc1OC)C1CN(C)CCC1N=C2c1ccc(C#N)cc1. The smallest absolute Gasteiger partial charge is 0.161 e. The second-order valence-corrected chi connectivity index (χ2v) is 7.19. The Morgan fingerprint density at radius 1 is 1.11 bits per heavy atom. The number of likely N-dealkylation sites (N-methyl/N-ethyl adjacent to an activating group) is 1. The van der Waals surface area contributed by atoms with Crippen molar-refractivity contribution in [3.8, 4) is 17.6 Å². The van der Waals surface area contributed by atoms with Crippen molar-refractivity contribution in [1.29, 1.82) is 5.26 Å². The maximum atomic E-state index is 9.09. The predicted molar refractivity (Wildman–Crippen MR) is 105 cm³/mol. The van der Waals surface area contributed by atoms with Crippen LogP contribution >= 0.6 is 0 Å². The highest BCUT2D eigenvalue weighted by atomic mass is 16.5. The van der Waals surface area contributed by atoms with Crippen LogP contribution in [-0.4, -0.2) is 51.0 Å². The van der Waals surface area contributed by atoms with Gasteiger partial charge in [0.2, 0.25) is 0 Å². The van der Waals surface area contributed by atoms with E-state index >= 15 is 0 Å². The van der Waals surface area contributed by atoms with Gasteiger partial charge >= 0.3 is 0 Å². The standard InChI is InChI=1S/C22H23N3O2/c1-25-9-8-19-18(13-25)16-10-20(26-2)21(27-3)11-17(16)22(24-19)15-6-4-14(12-23)5-7-15/h4-7,10-11,18-19H,8-9,13H2,1-3H3. The molecule has 0 amide bonds. The fourth-order valence-electron chi connectivity index (χ4n) is 4.14. The number of benzene rings is 2. The second-order valence-electron chi connectivity index (χ2n) is 7.19. The van der Waals surface area contributed by atoms with Crippen LogP contribution in [0.2, 0.25) is 0 Å². The van der Waals surface area contributed by atoms with Crippen molar-refractivity contribution >= 4 is 5.71 Å². The maximum Gasteiger partial charge on any atom is 0.161 e. The van der Waals surface area contributed by atoms with Gasteiger partial charge in [0.25, 0.3) is 0 Å². The molecule has 5 nitrogen and oxygen atoms in total. The van der Waals surface area contributed by atoms with Crippen LogP contribution in [0.1, 0.15) is 34.6 Å². The van der Waals surface area contributed by atoms with E-state index in [1.54, 1.807) is 14.2 Å². The number of methoxy groups -OCH3 is 2. The first-order valence-electron chi connectivity index (χ1n) is 9.17. The van der Waals surface area contributed by atoms with Gasteiger partial charge in [0.15, 0.2) is 11.5 Å². The lowest BCUT2D eigenvalue weighted by Gasteiger charge is -2.39. The van der Waals surface area contributed by atoms with E-state index in [9.17, 15) is 0 Å². The molecule has 0 aromatic heterocycles. The number of aliphatic imine (C=N–C) groups is 1. The van der Waals surface area contributed by atoms with Crippen LogP contribution in [0.3, 0.4) is 0 Å². The Morgan fingerprint density at radius 2 is 1.81 bits per heavy atom. The fourth-order valence-corrected chi connectivity index (χ4v) is 4.14. The average Bonchev–Trinajstić information content (AvgIpc) is 2.72. The molecule has 5 heteroatoms. The van der Waals surface area contributed by atoms with Crippen LogP contribution in [0.25, 0.3) is 0 Å². The molecular weight excluding hydrogens is 338 g/mol. The van der Waals surface area contributed by atoms with Crippen LogP contribution in [0.5, 0.6) is 11.5 Å². The van der Waals surface area contributed by atoms with Gasteiger partial charge in [-0.2, -0.15) is 5.26 Å². The van der Waals surface area contributed by atoms with Crippen molar-refractivity contribution in [1.82, 2.24) is 4.90 Å². The Morgan fingerprint density at radius 3 is 2.48 bits per heavy atom. The summed E-state index contributed by atoms with van der Waals surface area (Å²) in [5.74, 6) is 1.81. The summed E-state index contributed by atoms with van der Waals surface area (Å²) in [7, 11) is 5.49. The van der Waals surface area contributed by atoms with Crippen LogP contribution in [-0.2, 0) is 0 Å². The van der Waals surface area contributed by atoms with E-state index in [1.807, 2.05) is 30.3 Å². The summed E-state index contributed by atoms with van der Waals surface area (Å²) in [6, 6.07) is 14.2. The third-order valence-corrected chi connectivity index (χ3v) is 5.57. The van der Waals surface area contributed by atoms with Gasteiger partial charge in [-0.15, -0.1) is 0 Å². The summed E-state index contributed by atoms with van der Waals surface area (Å²) in [6.45, 7) is 2.03. The molecule has 1 saturated heterocycles. The number of rotatable bonds is 3. The molecule has 4 rings (SSSR count). The molecule has 1 fully saturated rings. The zero-order valence-electron chi connectivity index (χ0n) is 15.9. The summed E-state index contributed by atoms with van der Waals surface area (Å²) in [5, 5.41) is 9.09. The third-order valence-electron chi connectivity index (χ3n) is 5.57. The van der Waals surface area contributed by atoms with Crippen molar-refractivity contribution in [2.75, 3.05) is 34.4 Å². The molecule has 0 spiro atoms. The zero-order valence-corrected chi connectivity index (χ0v) is 15.9. The molecule has 0 saturated carbocycles. The number of fused-ring (bicyclic) bond motifs is 3. The van der Waals surface area contributed by atoms with Crippen molar-refractivity contribution in [3.63, 3.8) is 0 Å². The minimum atomic E-state index is 0.262. The number of nitriles is 1. The minimum absolute atomic E-state index is 0.262. The quantitative estimate of drug-likeness (QED) is 0.842. The maximum absolute atomic E-state index is 9.09. The number of likely N-dealkylation sites (tertiary alicyclic amines) is 1. The Labute approximate surface area is 159 Å². The molecule has 2 aliphatic heterocycles. The highest BCUT2D eigenvalue weighted by Crippen LogP contribution is 2.42. The van der Waals surface area contributed by atoms with E-state index in [0.29, 0.717) is 17.2 Å². The lowest BCUT2D eigenvalue weighted by atomic mass is 9.79. The van der Waals surface area contributed by atoms with Crippen LogP contribution in [0, 0.1) is 11.3 Å². The molecule has 0 bridgehead atoms. The molecule has 0 radical (unpaired) electrons. The Bertz CT molecular complexity index is 928. The summed E-state index contributed by atoms with van der Waals surface area (Å²) in [6.07, 6.45) is 1.04. The van der Waals surface area contributed by atoms with Crippen LogP contribution in [0.15, 0.2) is 41.4 Å². The van der Waals surface area contributed by atoms with Crippen molar-refractivity contribution in [2.45, 2.75) is 18.4 Å². The van der Waals surface area contributed by atoms with E-state index < -0.39 is 0 Å². The lowest BCUT2D eigenvalue weighted by Crippen LogP contribution is -2.41. The average molecular weight is 361 g/mol. The normalized spacial score (nSPS) is 21.5. The Balaban J connectivity index is 1.88. The van der Waals surface area contributed by atoms with E-state index in [2.05, 4.69) is 24.1 Å². The lowest BCUT2D eigenvalue weighted by molar-refractivity contribution is 0.227. The summed E-state index contributed by atoms with van der Waals surface area (Å²) >= 11 is 0. The molecular formula is C22H23N3O2. The molecule has 2 atom stereocenters.